The molecule has 1 aromatic rings. The normalized spacial score (nSPS) is 29.6. The summed E-state index contributed by atoms with van der Waals surface area (Å²) < 4.78 is 13.7. The second kappa shape index (κ2) is 3.82. The van der Waals surface area contributed by atoms with Crippen LogP contribution in [0.2, 0.25) is 0 Å². The van der Waals surface area contributed by atoms with Gasteiger partial charge in [0.05, 0.1) is 6.04 Å². The minimum atomic E-state index is -0.0603. The maximum atomic E-state index is 13.7. The third-order valence-corrected chi connectivity index (χ3v) is 3.90. The van der Waals surface area contributed by atoms with Crippen LogP contribution in [0.4, 0.5) is 4.39 Å². The third-order valence-electron chi connectivity index (χ3n) is 3.90. The summed E-state index contributed by atoms with van der Waals surface area (Å²) in [6, 6.07) is 5.81. The van der Waals surface area contributed by atoms with Gasteiger partial charge in [0.1, 0.15) is 5.82 Å². The molecule has 86 valence electrons. The summed E-state index contributed by atoms with van der Waals surface area (Å²) in [4.78, 5) is 2.41. The minimum absolute atomic E-state index is 0.0603. The lowest BCUT2D eigenvalue weighted by atomic mass is 9.84. The van der Waals surface area contributed by atoms with Crippen molar-refractivity contribution in [3.63, 3.8) is 0 Å². The predicted molar refractivity (Wildman–Crippen MR) is 61.6 cm³/mol. The van der Waals surface area contributed by atoms with E-state index in [1.807, 2.05) is 6.07 Å². The van der Waals surface area contributed by atoms with Crippen molar-refractivity contribution >= 4 is 0 Å². The number of halogens is 1. The maximum Gasteiger partial charge on any atom is 0.126 e. The average molecular weight is 220 g/mol. The summed E-state index contributed by atoms with van der Waals surface area (Å²) in [5.41, 5.74) is 8.20. The monoisotopic (exact) mass is 220 g/mol. The summed E-state index contributed by atoms with van der Waals surface area (Å²) >= 11 is 0. The zero-order chi connectivity index (χ0) is 11.1. The van der Waals surface area contributed by atoms with Crippen LogP contribution in [0.3, 0.4) is 0 Å². The molecule has 0 aromatic heterocycles. The second-order valence-corrected chi connectivity index (χ2v) is 4.84. The first-order valence-corrected chi connectivity index (χ1v) is 6.04. The van der Waals surface area contributed by atoms with Crippen LogP contribution in [0.15, 0.2) is 18.2 Å². The van der Waals surface area contributed by atoms with Crippen LogP contribution in [0.25, 0.3) is 0 Å². The molecule has 2 atom stereocenters. The largest absolute Gasteiger partial charge is 0.326 e. The zero-order valence-corrected chi connectivity index (χ0v) is 9.32. The molecule has 2 nitrogen and oxygen atoms in total. The van der Waals surface area contributed by atoms with E-state index < -0.39 is 0 Å². The summed E-state index contributed by atoms with van der Waals surface area (Å²) in [6.07, 6.45) is 3.05. The van der Waals surface area contributed by atoms with Crippen molar-refractivity contribution in [2.45, 2.75) is 31.3 Å². The smallest absolute Gasteiger partial charge is 0.126 e. The molecular weight excluding hydrogens is 203 g/mol. The van der Waals surface area contributed by atoms with Crippen LogP contribution in [0, 0.1) is 5.82 Å². The molecule has 0 spiro atoms. The van der Waals surface area contributed by atoms with Gasteiger partial charge >= 0.3 is 0 Å². The number of hydrogen-bond donors (Lipinski definition) is 1. The van der Waals surface area contributed by atoms with Crippen LogP contribution in [-0.2, 0) is 6.42 Å². The van der Waals surface area contributed by atoms with E-state index in [0.717, 1.165) is 37.1 Å². The van der Waals surface area contributed by atoms with E-state index in [1.54, 1.807) is 12.1 Å². The molecule has 2 unspecified atom stereocenters. The molecule has 16 heavy (non-hydrogen) atoms. The third kappa shape index (κ3) is 1.46. The first kappa shape index (κ1) is 10.2. The lowest BCUT2D eigenvalue weighted by Crippen LogP contribution is -2.49. The van der Waals surface area contributed by atoms with E-state index in [4.69, 9.17) is 5.73 Å². The van der Waals surface area contributed by atoms with Gasteiger partial charge in [-0.05, 0) is 43.0 Å². The van der Waals surface area contributed by atoms with Crippen molar-refractivity contribution in [1.29, 1.82) is 0 Å². The Morgan fingerprint density at radius 1 is 1.31 bits per heavy atom. The van der Waals surface area contributed by atoms with Crippen molar-refractivity contribution in [1.82, 2.24) is 4.90 Å². The molecule has 3 rings (SSSR count). The highest BCUT2D eigenvalue weighted by Crippen LogP contribution is 2.36. The van der Waals surface area contributed by atoms with Gasteiger partial charge < -0.3 is 5.73 Å². The fourth-order valence-corrected chi connectivity index (χ4v) is 3.15. The van der Waals surface area contributed by atoms with Gasteiger partial charge in [0.2, 0.25) is 0 Å². The zero-order valence-electron chi connectivity index (χ0n) is 9.32. The number of nitrogens with zero attached hydrogens (tertiary/aromatic N) is 1. The molecule has 1 aromatic carbocycles. The molecule has 2 N–H and O–H groups in total. The Labute approximate surface area is 95.2 Å². The molecule has 0 amide bonds. The van der Waals surface area contributed by atoms with Gasteiger partial charge in [-0.1, -0.05) is 12.1 Å². The first-order chi connectivity index (χ1) is 7.77. The minimum Gasteiger partial charge on any atom is -0.326 e. The quantitative estimate of drug-likeness (QED) is 0.723. The highest BCUT2D eigenvalue weighted by Gasteiger charge is 2.35. The fraction of sp³-hybridized carbons (Fsp3) is 0.538. The highest BCUT2D eigenvalue weighted by molar-refractivity contribution is 5.35. The molecule has 2 aliphatic rings. The van der Waals surface area contributed by atoms with Gasteiger partial charge in [0, 0.05) is 12.6 Å². The van der Waals surface area contributed by atoms with E-state index in [0.29, 0.717) is 0 Å². The van der Waals surface area contributed by atoms with Crippen LogP contribution in [0.5, 0.6) is 0 Å². The number of hydrogen-bond acceptors (Lipinski definition) is 2. The summed E-state index contributed by atoms with van der Waals surface area (Å²) in [5, 5.41) is 0. The van der Waals surface area contributed by atoms with Crippen molar-refractivity contribution < 1.29 is 4.39 Å². The van der Waals surface area contributed by atoms with Gasteiger partial charge in [-0.3, -0.25) is 4.90 Å². The topological polar surface area (TPSA) is 29.3 Å². The van der Waals surface area contributed by atoms with Crippen molar-refractivity contribution in [3.8, 4) is 0 Å². The standard InChI is InChI=1S/C13H17FN2/c14-11-4-1-3-10-9(11)6-8-16-7-2-5-12(15)13(10)16/h1,3-4,12-13H,2,5-8,15H2. The number of piperidine rings is 1. The lowest BCUT2D eigenvalue weighted by Gasteiger charge is -2.44. The first-order valence-electron chi connectivity index (χ1n) is 6.04. The van der Waals surface area contributed by atoms with Crippen LogP contribution >= 0.6 is 0 Å². The lowest BCUT2D eigenvalue weighted by molar-refractivity contribution is 0.117. The van der Waals surface area contributed by atoms with Gasteiger partial charge in [-0.2, -0.15) is 0 Å². The molecule has 0 aliphatic carbocycles. The van der Waals surface area contributed by atoms with Gasteiger partial charge in [-0.25, -0.2) is 4.39 Å². The molecular formula is C13H17FN2. The van der Waals surface area contributed by atoms with Gasteiger partial charge in [-0.15, -0.1) is 0 Å². The molecule has 2 aliphatic heterocycles. The second-order valence-electron chi connectivity index (χ2n) is 4.84. The van der Waals surface area contributed by atoms with Crippen molar-refractivity contribution in [2.24, 2.45) is 5.73 Å². The number of nitrogens with two attached hydrogens (primary N) is 1. The van der Waals surface area contributed by atoms with Crippen molar-refractivity contribution in [3.05, 3.63) is 35.1 Å². The van der Waals surface area contributed by atoms with Crippen LogP contribution in [-0.4, -0.2) is 24.0 Å². The summed E-state index contributed by atoms with van der Waals surface area (Å²) in [5.74, 6) is -0.0603. The highest BCUT2D eigenvalue weighted by atomic mass is 19.1. The van der Waals surface area contributed by atoms with E-state index in [1.165, 1.54) is 6.42 Å². The summed E-state index contributed by atoms with van der Waals surface area (Å²) in [7, 11) is 0. The summed E-state index contributed by atoms with van der Waals surface area (Å²) in [6.45, 7) is 2.06. The Hall–Kier alpha value is -0.930. The Morgan fingerprint density at radius 2 is 2.19 bits per heavy atom. The molecule has 0 radical (unpaired) electrons. The molecule has 0 bridgehead atoms. The fourth-order valence-electron chi connectivity index (χ4n) is 3.15. The molecule has 2 heterocycles. The van der Waals surface area contributed by atoms with E-state index in [-0.39, 0.29) is 17.9 Å². The Kier molecular flexibility index (Phi) is 2.45. The van der Waals surface area contributed by atoms with Gasteiger partial charge in [0.25, 0.3) is 0 Å². The predicted octanol–water partition coefficient (Wildman–Crippen LogP) is 1.85. The molecule has 3 heteroatoms. The Bertz CT molecular complexity index is 405. The van der Waals surface area contributed by atoms with Gasteiger partial charge in [0.15, 0.2) is 0 Å². The van der Waals surface area contributed by atoms with E-state index in [9.17, 15) is 4.39 Å². The number of rotatable bonds is 0. The maximum absolute atomic E-state index is 13.7. The van der Waals surface area contributed by atoms with E-state index in [2.05, 4.69) is 4.90 Å². The molecule has 1 saturated heterocycles. The molecule has 1 fully saturated rings. The van der Waals surface area contributed by atoms with Crippen LogP contribution in [0.1, 0.15) is 30.0 Å². The van der Waals surface area contributed by atoms with Crippen molar-refractivity contribution in [2.75, 3.05) is 13.1 Å². The Morgan fingerprint density at radius 3 is 3.06 bits per heavy atom. The Balaban J connectivity index is 2.06. The molecule has 0 saturated carbocycles. The average Bonchev–Trinajstić information content (AvgIpc) is 2.29. The van der Waals surface area contributed by atoms with E-state index >= 15 is 0 Å². The number of fused-ring (bicyclic) bond motifs is 3. The number of benzene rings is 1. The van der Waals surface area contributed by atoms with Crippen LogP contribution < -0.4 is 5.73 Å². The SMILES string of the molecule is NC1CCCN2CCc3c(F)cccc3C12.